The molecule has 1 saturated heterocycles. The molecule has 3 aromatic rings. The Morgan fingerprint density at radius 3 is 2.40 bits per heavy atom. The summed E-state index contributed by atoms with van der Waals surface area (Å²) in [5.41, 5.74) is 0.341. The van der Waals surface area contributed by atoms with Crippen molar-refractivity contribution in [2.45, 2.75) is 11.1 Å². The van der Waals surface area contributed by atoms with Crippen LogP contribution < -0.4 is 9.64 Å². The van der Waals surface area contributed by atoms with Gasteiger partial charge in [0.15, 0.2) is 6.29 Å². The van der Waals surface area contributed by atoms with Gasteiger partial charge in [-0.15, -0.1) is 0 Å². The molecule has 0 N–H and O–H groups in total. The number of piperazine rings is 1. The SMILES string of the molecule is COc1ccc(S(=O)(=O)n2nc(C=O)c3ccc(Cl)cc32)cc1N1CCN(C(=O)C(F)(F)F)CC1. The Labute approximate surface area is 202 Å². The number of rotatable bonds is 5. The molecule has 0 spiro atoms. The van der Waals surface area contributed by atoms with E-state index in [9.17, 15) is 31.2 Å². The maximum Gasteiger partial charge on any atom is 0.471 e. The van der Waals surface area contributed by atoms with Crippen LogP contribution in [0.15, 0.2) is 41.3 Å². The number of amides is 1. The van der Waals surface area contributed by atoms with Gasteiger partial charge in [-0.25, -0.2) is 0 Å². The van der Waals surface area contributed by atoms with E-state index in [2.05, 4.69) is 5.10 Å². The number of methoxy groups -OCH3 is 1. The molecule has 4 rings (SSSR count). The van der Waals surface area contributed by atoms with Crippen molar-refractivity contribution in [3.05, 3.63) is 47.1 Å². The van der Waals surface area contributed by atoms with Crippen LogP contribution in [0.1, 0.15) is 10.5 Å². The van der Waals surface area contributed by atoms with E-state index in [1.54, 1.807) is 4.90 Å². The third-order valence-electron chi connectivity index (χ3n) is 5.58. The lowest BCUT2D eigenvalue weighted by Crippen LogP contribution is -2.52. The number of alkyl halides is 3. The summed E-state index contributed by atoms with van der Waals surface area (Å²) < 4.78 is 71.2. The first-order valence-corrected chi connectivity index (χ1v) is 12.0. The number of carbonyl (C=O) groups excluding carboxylic acids is 2. The standard InChI is InChI=1S/C21H18ClF3N4O5S/c1-34-19-5-3-14(11-18(19)27-6-8-28(9-7-27)20(31)21(23,24)25)35(32,33)29-17-10-13(22)2-4-15(17)16(12-30)26-29/h2-5,10-12H,6-9H2,1H3. The number of fused-ring (bicyclic) bond motifs is 1. The van der Waals surface area contributed by atoms with E-state index in [4.69, 9.17) is 16.3 Å². The Morgan fingerprint density at radius 1 is 1.11 bits per heavy atom. The topological polar surface area (TPSA) is 102 Å². The molecule has 0 atom stereocenters. The lowest BCUT2D eigenvalue weighted by Gasteiger charge is -2.36. The number of benzene rings is 2. The highest BCUT2D eigenvalue weighted by molar-refractivity contribution is 7.90. The minimum Gasteiger partial charge on any atom is -0.495 e. The van der Waals surface area contributed by atoms with Crippen LogP contribution in [0.2, 0.25) is 5.02 Å². The lowest BCUT2D eigenvalue weighted by atomic mass is 10.2. The number of carbonyl (C=O) groups is 2. The van der Waals surface area contributed by atoms with Gasteiger partial charge < -0.3 is 14.5 Å². The van der Waals surface area contributed by atoms with Crippen LogP contribution >= 0.6 is 11.6 Å². The third-order valence-corrected chi connectivity index (χ3v) is 7.40. The summed E-state index contributed by atoms with van der Waals surface area (Å²) >= 11 is 6.02. The number of anilines is 1. The molecule has 9 nitrogen and oxygen atoms in total. The molecule has 1 amide bonds. The Bertz CT molecular complexity index is 1420. The molecular formula is C21H18ClF3N4O5S. The molecule has 2 aromatic carbocycles. The van der Waals surface area contributed by atoms with Crippen molar-refractivity contribution in [3.8, 4) is 5.75 Å². The molecule has 1 fully saturated rings. The molecule has 35 heavy (non-hydrogen) atoms. The second kappa shape index (κ2) is 9.04. The van der Waals surface area contributed by atoms with Gasteiger partial charge in [0.05, 0.1) is 23.2 Å². The van der Waals surface area contributed by atoms with Gasteiger partial charge in [-0.05, 0) is 36.4 Å². The first-order valence-electron chi connectivity index (χ1n) is 10.2. The fourth-order valence-electron chi connectivity index (χ4n) is 3.86. The monoisotopic (exact) mass is 530 g/mol. The Kier molecular flexibility index (Phi) is 6.40. The number of halogens is 4. The third kappa shape index (κ3) is 4.52. The molecule has 1 aliphatic heterocycles. The van der Waals surface area contributed by atoms with Crippen molar-refractivity contribution in [1.82, 2.24) is 14.1 Å². The summed E-state index contributed by atoms with van der Waals surface area (Å²) in [5.74, 6) is -1.63. The number of aldehydes is 1. The van der Waals surface area contributed by atoms with Crippen LogP contribution in [0.4, 0.5) is 18.9 Å². The smallest absolute Gasteiger partial charge is 0.471 e. The quantitative estimate of drug-likeness (QED) is 0.467. The van der Waals surface area contributed by atoms with Crippen LogP contribution in [0.5, 0.6) is 5.75 Å². The molecule has 0 aliphatic carbocycles. The second-order valence-corrected chi connectivity index (χ2v) is 9.83. The van der Waals surface area contributed by atoms with E-state index in [0.29, 0.717) is 32.1 Å². The van der Waals surface area contributed by atoms with Crippen LogP contribution in [0.3, 0.4) is 0 Å². The molecule has 1 aliphatic rings. The molecule has 14 heteroatoms. The molecule has 0 unspecified atom stereocenters. The Hall–Kier alpha value is -3.32. The van der Waals surface area contributed by atoms with Crippen LogP contribution in [0, 0.1) is 0 Å². The number of aromatic nitrogens is 2. The fraction of sp³-hybridized carbons (Fsp3) is 0.286. The van der Waals surface area contributed by atoms with Gasteiger partial charge in [0.2, 0.25) is 0 Å². The van der Waals surface area contributed by atoms with Crippen molar-refractivity contribution in [2.24, 2.45) is 0 Å². The predicted molar refractivity (Wildman–Crippen MR) is 121 cm³/mol. The molecule has 2 heterocycles. The fourth-order valence-corrected chi connectivity index (χ4v) is 5.33. The van der Waals surface area contributed by atoms with Gasteiger partial charge in [0.1, 0.15) is 11.4 Å². The predicted octanol–water partition coefficient (Wildman–Crippen LogP) is 2.96. The Balaban J connectivity index is 1.71. The number of hydrogen-bond donors (Lipinski definition) is 0. The Morgan fingerprint density at radius 2 is 1.80 bits per heavy atom. The van der Waals surface area contributed by atoms with Gasteiger partial charge in [-0.2, -0.15) is 30.8 Å². The summed E-state index contributed by atoms with van der Waals surface area (Å²) in [6.45, 7) is -0.360. The number of nitrogens with zero attached hydrogens (tertiary/aromatic N) is 4. The van der Waals surface area contributed by atoms with Gasteiger partial charge in [-0.1, -0.05) is 11.6 Å². The minimum absolute atomic E-state index is 0.0251. The van der Waals surface area contributed by atoms with Crippen LogP contribution in [-0.2, 0) is 14.8 Å². The molecular weight excluding hydrogens is 513 g/mol. The van der Waals surface area contributed by atoms with Crippen LogP contribution in [0.25, 0.3) is 10.9 Å². The van der Waals surface area contributed by atoms with Crippen molar-refractivity contribution in [3.63, 3.8) is 0 Å². The summed E-state index contributed by atoms with van der Waals surface area (Å²) in [5, 5.41) is 4.48. The molecule has 1 aromatic heterocycles. The first-order chi connectivity index (χ1) is 16.5. The molecule has 0 saturated carbocycles. The van der Waals surface area contributed by atoms with E-state index in [0.717, 1.165) is 0 Å². The summed E-state index contributed by atoms with van der Waals surface area (Å²) in [7, 11) is -2.94. The van der Waals surface area contributed by atoms with E-state index < -0.39 is 22.1 Å². The van der Waals surface area contributed by atoms with Crippen LogP contribution in [-0.4, -0.2) is 74.2 Å². The highest BCUT2D eigenvalue weighted by Gasteiger charge is 2.43. The number of ether oxygens (including phenoxy) is 1. The van der Waals surface area contributed by atoms with E-state index in [1.807, 2.05) is 0 Å². The normalized spacial score (nSPS) is 14.9. The maximum absolute atomic E-state index is 13.5. The molecule has 186 valence electrons. The highest BCUT2D eigenvalue weighted by atomic mass is 35.5. The second-order valence-electron chi connectivity index (χ2n) is 7.62. The van der Waals surface area contributed by atoms with E-state index in [-0.39, 0.29) is 47.3 Å². The summed E-state index contributed by atoms with van der Waals surface area (Å²) in [4.78, 5) is 25.1. The molecule has 0 radical (unpaired) electrons. The van der Waals surface area contributed by atoms with Crippen molar-refractivity contribution >= 4 is 50.4 Å². The van der Waals surface area contributed by atoms with Gasteiger partial charge >= 0.3 is 12.1 Å². The zero-order chi connectivity index (χ0) is 25.5. The van der Waals surface area contributed by atoms with Gasteiger partial charge in [-0.3, -0.25) is 9.59 Å². The highest BCUT2D eigenvalue weighted by Crippen LogP contribution is 2.34. The summed E-state index contributed by atoms with van der Waals surface area (Å²) in [6, 6.07) is 8.38. The zero-order valence-electron chi connectivity index (χ0n) is 18.1. The zero-order valence-corrected chi connectivity index (χ0v) is 19.7. The van der Waals surface area contributed by atoms with Gasteiger partial charge in [0, 0.05) is 36.6 Å². The average Bonchev–Trinajstić information content (AvgIpc) is 3.21. The molecule has 0 bridgehead atoms. The van der Waals surface area contributed by atoms with E-state index >= 15 is 0 Å². The minimum atomic E-state index is -4.97. The lowest BCUT2D eigenvalue weighted by molar-refractivity contribution is -0.185. The van der Waals surface area contributed by atoms with E-state index in [1.165, 1.54) is 43.5 Å². The number of hydrogen-bond acceptors (Lipinski definition) is 7. The van der Waals surface area contributed by atoms with Gasteiger partial charge in [0.25, 0.3) is 10.0 Å². The maximum atomic E-state index is 13.5. The van der Waals surface area contributed by atoms with Crippen molar-refractivity contribution in [1.29, 1.82) is 0 Å². The average molecular weight is 531 g/mol. The first kappa shape index (κ1) is 24.8. The summed E-state index contributed by atoms with van der Waals surface area (Å²) in [6.07, 6.45) is -4.53. The largest absolute Gasteiger partial charge is 0.495 e. The van der Waals surface area contributed by atoms with Crippen molar-refractivity contribution < 1.29 is 35.9 Å². The van der Waals surface area contributed by atoms with Crippen molar-refractivity contribution in [2.75, 3.05) is 38.2 Å².